The number of carbonyl (C=O) groups is 1. The fraction of sp³-hybridized carbons (Fsp3) is 0.211. The number of halogens is 1. The number of methoxy groups -OCH3 is 1. The number of para-hydroxylation sites is 1. The summed E-state index contributed by atoms with van der Waals surface area (Å²) in [7, 11) is 1.57. The van der Waals surface area contributed by atoms with Gasteiger partial charge in [-0.05, 0) is 48.0 Å². The van der Waals surface area contributed by atoms with Crippen LogP contribution < -0.4 is 10.1 Å². The highest BCUT2D eigenvalue weighted by atomic mass is 79.9. The fourth-order valence-electron chi connectivity index (χ4n) is 2.56. The molecule has 27 heavy (non-hydrogen) atoms. The highest BCUT2D eigenvalue weighted by Gasteiger charge is 2.21. The van der Waals surface area contributed by atoms with Gasteiger partial charge in [0.05, 0.1) is 7.11 Å². The standard InChI is InChI=1S/C19H18BrN3O4/c1-11-17(18(27-23-11)15-9-8-13(20)10-21-15)22-19(24)26-12(2)14-6-4-5-7-16(14)25-3/h4-10,12H,1-3H3,(H,22,24)/t12-/m1/s1. The predicted molar refractivity (Wildman–Crippen MR) is 104 cm³/mol. The second kappa shape index (κ2) is 8.22. The number of aromatic nitrogens is 2. The Morgan fingerprint density at radius 1 is 1.26 bits per heavy atom. The second-order valence-corrected chi connectivity index (χ2v) is 6.66. The molecule has 0 saturated heterocycles. The highest BCUT2D eigenvalue weighted by Crippen LogP contribution is 2.31. The van der Waals surface area contributed by atoms with Crippen LogP contribution in [0.3, 0.4) is 0 Å². The van der Waals surface area contributed by atoms with E-state index in [4.69, 9.17) is 14.0 Å². The summed E-state index contributed by atoms with van der Waals surface area (Å²) >= 11 is 3.33. The number of carbonyl (C=O) groups excluding carboxylic acids is 1. The van der Waals surface area contributed by atoms with Gasteiger partial charge in [0.1, 0.15) is 28.9 Å². The molecule has 2 heterocycles. The smallest absolute Gasteiger partial charge is 0.412 e. The molecule has 0 bridgehead atoms. The molecule has 1 aromatic carbocycles. The first kappa shape index (κ1) is 18.9. The third kappa shape index (κ3) is 4.28. The van der Waals surface area contributed by atoms with Crippen LogP contribution in [0.15, 0.2) is 51.6 Å². The predicted octanol–water partition coefficient (Wildman–Crippen LogP) is 5.13. The van der Waals surface area contributed by atoms with Crippen LogP contribution >= 0.6 is 15.9 Å². The second-order valence-electron chi connectivity index (χ2n) is 5.75. The molecule has 8 heteroatoms. The number of ether oxygens (including phenoxy) is 2. The Hall–Kier alpha value is -2.87. The van der Waals surface area contributed by atoms with E-state index in [1.54, 1.807) is 33.2 Å². The fourth-order valence-corrected chi connectivity index (χ4v) is 2.79. The zero-order valence-electron chi connectivity index (χ0n) is 15.0. The van der Waals surface area contributed by atoms with Crippen molar-refractivity contribution < 1.29 is 18.8 Å². The number of amides is 1. The van der Waals surface area contributed by atoms with Gasteiger partial charge >= 0.3 is 6.09 Å². The Kier molecular flexibility index (Phi) is 5.75. The maximum atomic E-state index is 12.4. The lowest BCUT2D eigenvalue weighted by atomic mass is 10.1. The molecule has 0 radical (unpaired) electrons. The van der Waals surface area contributed by atoms with Crippen LogP contribution in [-0.2, 0) is 4.74 Å². The first-order chi connectivity index (χ1) is 13.0. The molecule has 0 saturated carbocycles. The molecule has 7 nitrogen and oxygen atoms in total. The Balaban J connectivity index is 1.77. The van der Waals surface area contributed by atoms with Crippen LogP contribution in [0.25, 0.3) is 11.5 Å². The minimum Gasteiger partial charge on any atom is -0.496 e. The van der Waals surface area contributed by atoms with E-state index in [2.05, 4.69) is 31.4 Å². The van der Waals surface area contributed by atoms with Crippen molar-refractivity contribution in [3.63, 3.8) is 0 Å². The molecule has 140 valence electrons. The van der Waals surface area contributed by atoms with Gasteiger partial charge in [-0.3, -0.25) is 10.3 Å². The van der Waals surface area contributed by atoms with Crippen LogP contribution in [0.5, 0.6) is 5.75 Å². The molecule has 3 aromatic rings. The molecule has 0 aliphatic carbocycles. The molecule has 0 aliphatic heterocycles. The summed E-state index contributed by atoms with van der Waals surface area (Å²) in [6, 6.07) is 11.0. The largest absolute Gasteiger partial charge is 0.496 e. The average Bonchev–Trinajstić information content (AvgIpc) is 3.02. The lowest BCUT2D eigenvalue weighted by Crippen LogP contribution is -2.17. The third-order valence-corrected chi connectivity index (χ3v) is 4.38. The number of hydrogen-bond donors (Lipinski definition) is 1. The maximum Gasteiger partial charge on any atom is 0.412 e. The summed E-state index contributed by atoms with van der Waals surface area (Å²) in [5.74, 6) is 1.01. The molecule has 1 N–H and O–H groups in total. The van der Waals surface area contributed by atoms with E-state index in [-0.39, 0.29) is 0 Å². The monoisotopic (exact) mass is 431 g/mol. The van der Waals surface area contributed by atoms with Gasteiger partial charge < -0.3 is 14.0 Å². The van der Waals surface area contributed by atoms with Crippen molar-refractivity contribution in [2.75, 3.05) is 12.4 Å². The van der Waals surface area contributed by atoms with E-state index >= 15 is 0 Å². The summed E-state index contributed by atoms with van der Waals surface area (Å²) in [5.41, 5.74) is 2.26. The Morgan fingerprint density at radius 3 is 2.74 bits per heavy atom. The molecule has 1 atom stereocenters. The average molecular weight is 432 g/mol. The summed E-state index contributed by atoms with van der Waals surface area (Å²) in [5, 5.41) is 6.62. The number of nitrogens with zero attached hydrogens (tertiary/aromatic N) is 2. The first-order valence-corrected chi connectivity index (χ1v) is 8.97. The van der Waals surface area contributed by atoms with Crippen LogP contribution in [-0.4, -0.2) is 23.3 Å². The van der Waals surface area contributed by atoms with Gasteiger partial charge in [0.15, 0.2) is 0 Å². The van der Waals surface area contributed by atoms with Gasteiger partial charge in [0.2, 0.25) is 5.76 Å². The van der Waals surface area contributed by atoms with Crippen LogP contribution in [0.4, 0.5) is 10.5 Å². The van der Waals surface area contributed by atoms with Crippen LogP contribution in [0.1, 0.15) is 24.3 Å². The molecule has 0 unspecified atom stereocenters. The van der Waals surface area contributed by atoms with E-state index in [9.17, 15) is 4.79 Å². The third-order valence-electron chi connectivity index (χ3n) is 3.91. The molecule has 0 spiro atoms. The first-order valence-electron chi connectivity index (χ1n) is 8.18. The number of nitrogens with one attached hydrogen (secondary N) is 1. The zero-order valence-corrected chi connectivity index (χ0v) is 16.6. The summed E-state index contributed by atoms with van der Waals surface area (Å²) in [6.07, 6.45) is 0.507. The van der Waals surface area contributed by atoms with Gasteiger partial charge in [0.25, 0.3) is 0 Å². The van der Waals surface area contributed by atoms with Crippen LogP contribution in [0, 0.1) is 6.92 Å². The van der Waals surface area contributed by atoms with Gasteiger partial charge in [-0.1, -0.05) is 23.4 Å². The molecule has 0 fully saturated rings. The van der Waals surface area contributed by atoms with Crippen molar-refractivity contribution in [1.29, 1.82) is 0 Å². The Bertz CT molecular complexity index is 940. The van der Waals surface area contributed by atoms with E-state index in [1.807, 2.05) is 30.3 Å². The van der Waals surface area contributed by atoms with E-state index < -0.39 is 12.2 Å². The number of aryl methyl sites for hydroxylation is 1. The number of pyridine rings is 1. The van der Waals surface area contributed by atoms with Crippen molar-refractivity contribution >= 4 is 27.7 Å². The molecule has 3 rings (SSSR count). The lowest BCUT2D eigenvalue weighted by Gasteiger charge is -2.16. The minimum atomic E-state index is -0.627. The molecule has 2 aromatic heterocycles. The number of anilines is 1. The number of benzene rings is 1. The van der Waals surface area contributed by atoms with Gasteiger partial charge in [-0.15, -0.1) is 0 Å². The van der Waals surface area contributed by atoms with Gasteiger partial charge in [-0.25, -0.2) is 4.79 Å². The SMILES string of the molecule is COc1ccccc1[C@@H](C)OC(=O)Nc1c(C)noc1-c1ccc(Br)cn1. The maximum absolute atomic E-state index is 12.4. The van der Waals surface area contributed by atoms with Gasteiger partial charge in [0, 0.05) is 16.2 Å². The van der Waals surface area contributed by atoms with Crippen molar-refractivity contribution in [2.45, 2.75) is 20.0 Å². The number of hydrogen-bond acceptors (Lipinski definition) is 6. The van der Waals surface area contributed by atoms with Crippen LogP contribution in [0.2, 0.25) is 0 Å². The molecule has 0 aliphatic rings. The zero-order chi connectivity index (χ0) is 19.4. The quantitative estimate of drug-likeness (QED) is 0.602. The topological polar surface area (TPSA) is 86.5 Å². The molecule has 1 amide bonds. The Morgan fingerprint density at radius 2 is 2.04 bits per heavy atom. The summed E-state index contributed by atoms with van der Waals surface area (Å²) in [4.78, 5) is 16.7. The van der Waals surface area contributed by atoms with E-state index in [0.717, 1.165) is 10.0 Å². The van der Waals surface area contributed by atoms with Crippen molar-refractivity contribution in [1.82, 2.24) is 10.1 Å². The van der Waals surface area contributed by atoms with Crippen molar-refractivity contribution in [3.8, 4) is 17.2 Å². The summed E-state index contributed by atoms with van der Waals surface area (Å²) in [6.45, 7) is 3.50. The normalized spacial score (nSPS) is 11.7. The highest BCUT2D eigenvalue weighted by molar-refractivity contribution is 9.10. The molecular formula is C19H18BrN3O4. The number of rotatable bonds is 5. The van der Waals surface area contributed by atoms with E-state index in [0.29, 0.717) is 28.6 Å². The van der Waals surface area contributed by atoms with E-state index in [1.165, 1.54) is 0 Å². The van der Waals surface area contributed by atoms with Crippen molar-refractivity contribution in [2.24, 2.45) is 0 Å². The lowest BCUT2D eigenvalue weighted by molar-refractivity contribution is 0.119. The Labute approximate surface area is 164 Å². The van der Waals surface area contributed by atoms with Crippen molar-refractivity contribution in [3.05, 3.63) is 58.3 Å². The minimum absolute atomic E-state index is 0.363. The molecular weight excluding hydrogens is 414 g/mol. The summed E-state index contributed by atoms with van der Waals surface area (Å²) < 4.78 is 17.0. The van der Waals surface area contributed by atoms with Gasteiger partial charge in [-0.2, -0.15) is 0 Å².